The van der Waals surface area contributed by atoms with Crippen LogP contribution < -0.4 is 0 Å². The monoisotopic (exact) mass is 257 g/mol. The van der Waals surface area contributed by atoms with E-state index in [1.807, 2.05) is 11.6 Å². The van der Waals surface area contributed by atoms with E-state index < -0.39 is 0 Å². The molecular weight excluding hydrogens is 250 g/mol. The van der Waals surface area contributed by atoms with Gasteiger partial charge in [0.25, 0.3) is 5.89 Å². The lowest BCUT2D eigenvalue weighted by atomic mass is 10.4. The maximum absolute atomic E-state index is 8.77. The third kappa shape index (κ3) is 1.69. The van der Waals surface area contributed by atoms with Crippen molar-refractivity contribution < 1.29 is 4.52 Å². The Kier molecular flexibility index (Phi) is 2.42. The number of rotatable bonds is 2. The fraction of sp³-hybridized carbons (Fsp3) is 0.0909. The Labute approximate surface area is 106 Å². The van der Waals surface area contributed by atoms with Crippen LogP contribution in [0, 0.1) is 11.3 Å². The molecule has 0 saturated carbocycles. The van der Waals surface area contributed by atoms with Crippen LogP contribution in [-0.4, -0.2) is 19.7 Å². The van der Waals surface area contributed by atoms with Crippen molar-refractivity contribution in [1.82, 2.24) is 19.7 Å². The lowest BCUT2D eigenvalue weighted by Crippen LogP contribution is -1.90. The van der Waals surface area contributed by atoms with Crippen LogP contribution in [0.5, 0.6) is 0 Å². The van der Waals surface area contributed by atoms with Crippen molar-refractivity contribution in [2.45, 2.75) is 0 Å². The third-order valence-corrected chi connectivity index (χ3v) is 3.38. The zero-order valence-electron chi connectivity index (χ0n) is 9.36. The summed E-state index contributed by atoms with van der Waals surface area (Å²) in [6.45, 7) is 0. The van der Waals surface area contributed by atoms with Crippen LogP contribution in [-0.2, 0) is 7.05 Å². The average molecular weight is 257 g/mol. The van der Waals surface area contributed by atoms with Gasteiger partial charge >= 0.3 is 0 Å². The molecule has 18 heavy (non-hydrogen) atoms. The van der Waals surface area contributed by atoms with Crippen LogP contribution in [0.3, 0.4) is 0 Å². The highest BCUT2D eigenvalue weighted by Gasteiger charge is 2.14. The highest BCUT2D eigenvalue weighted by Crippen LogP contribution is 2.27. The molecule has 0 N–H and O–H groups in total. The molecule has 3 heterocycles. The summed E-state index contributed by atoms with van der Waals surface area (Å²) < 4.78 is 7.00. The molecule has 3 aromatic rings. The largest absolute Gasteiger partial charge is 0.333 e. The average Bonchev–Trinajstić information content (AvgIpc) is 3.07. The smallest absolute Gasteiger partial charge is 0.268 e. The first-order chi connectivity index (χ1) is 8.78. The summed E-state index contributed by atoms with van der Waals surface area (Å²) in [7, 11) is 1.86. The summed E-state index contributed by atoms with van der Waals surface area (Å²) in [6.07, 6.45) is 3.34. The van der Waals surface area contributed by atoms with Gasteiger partial charge in [-0.25, -0.2) is 4.98 Å². The van der Waals surface area contributed by atoms with Gasteiger partial charge in [0.1, 0.15) is 16.6 Å². The molecule has 0 bridgehead atoms. The quantitative estimate of drug-likeness (QED) is 0.702. The first-order valence-electron chi connectivity index (χ1n) is 5.08. The van der Waals surface area contributed by atoms with E-state index in [-0.39, 0.29) is 0 Å². The highest BCUT2D eigenvalue weighted by molar-refractivity contribution is 7.15. The molecule has 88 valence electrons. The van der Waals surface area contributed by atoms with Gasteiger partial charge in [-0.1, -0.05) is 5.16 Å². The van der Waals surface area contributed by atoms with E-state index in [4.69, 9.17) is 9.78 Å². The van der Waals surface area contributed by atoms with Crippen molar-refractivity contribution in [2.75, 3.05) is 0 Å². The van der Waals surface area contributed by atoms with Crippen molar-refractivity contribution in [3.63, 3.8) is 0 Å². The number of nitriles is 1. The first-order valence-corrected chi connectivity index (χ1v) is 5.90. The molecule has 0 atom stereocenters. The molecule has 6 nitrogen and oxygen atoms in total. The van der Waals surface area contributed by atoms with Crippen LogP contribution in [0.15, 0.2) is 29.2 Å². The SMILES string of the molecule is Cn1cncc1-c1noc(-c2ccc(C#N)s2)n1. The fourth-order valence-electron chi connectivity index (χ4n) is 1.51. The number of hydrogen-bond acceptors (Lipinski definition) is 6. The number of thiophene rings is 1. The van der Waals surface area contributed by atoms with E-state index in [1.54, 1.807) is 24.7 Å². The molecule has 0 radical (unpaired) electrons. The maximum Gasteiger partial charge on any atom is 0.268 e. The van der Waals surface area contributed by atoms with Crippen molar-refractivity contribution in [3.05, 3.63) is 29.5 Å². The summed E-state index contributed by atoms with van der Waals surface area (Å²) in [6, 6.07) is 5.60. The maximum atomic E-state index is 8.77. The van der Waals surface area contributed by atoms with Gasteiger partial charge in [-0.2, -0.15) is 10.2 Å². The molecular formula is C11H7N5OS. The van der Waals surface area contributed by atoms with E-state index >= 15 is 0 Å². The van der Waals surface area contributed by atoms with E-state index in [2.05, 4.69) is 21.2 Å². The second-order valence-electron chi connectivity index (χ2n) is 3.59. The molecule has 3 rings (SSSR count). The van der Waals surface area contributed by atoms with E-state index in [9.17, 15) is 0 Å². The molecule has 7 heteroatoms. The topological polar surface area (TPSA) is 80.5 Å². The number of nitrogens with zero attached hydrogens (tertiary/aromatic N) is 5. The van der Waals surface area contributed by atoms with Crippen molar-refractivity contribution in [1.29, 1.82) is 5.26 Å². The standard InChI is InChI=1S/C11H7N5OS/c1-16-6-13-5-8(16)10-14-11(17-15-10)9-3-2-7(4-12)18-9/h2-3,5-6H,1H3. The Balaban J connectivity index is 1.99. The van der Waals surface area contributed by atoms with Crippen LogP contribution in [0.2, 0.25) is 0 Å². The minimum absolute atomic E-state index is 0.415. The van der Waals surface area contributed by atoms with E-state index in [0.717, 1.165) is 10.6 Å². The number of aryl methyl sites for hydroxylation is 1. The van der Waals surface area contributed by atoms with Crippen LogP contribution in [0.1, 0.15) is 4.88 Å². The predicted octanol–water partition coefficient (Wildman–Crippen LogP) is 2.07. The van der Waals surface area contributed by atoms with Gasteiger partial charge in [-0.15, -0.1) is 11.3 Å². The Morgan fingerprint density at radius 2 is 2.33 bits per heavy atom. The lowest BCUT2D eigenvalue weighted by Gasteiger charge is -1.92. The molecule has 0 aromatic carbocycles. The zero-order chi connectivity index (χ0) is 12.5. The van der Waals surface area contributed by atoms with Crippen molar-refractivity contribution in [2.24, 2.45) is 7.05 Å². The van der Waals surface area contributed by atoms with Gasteiger partial charge in [0.15, 0.2) is 0 Å². The van der Waals surface area contributed by atoms with Crippen LogP contribution in [0.25, 0.3) is 22.3 Å². The van der Waals surface area contributed by atoms with Crippen molar-refractivity contribution in [3.8, 4) is 28.4 Å². The number of aromatic nitrogens is 4. The minimum atomic E-state index is 0.415. The first kappa shape index (κ1) is 10.7. The predicted molar refractivity (Wildman–Crippen MR) is 64.5 cm³/mol. The molecule has 0 spiro atoms. The van der Waals surface area contributed by atoms with Gasteiger partial charge in [-0.3, -0.25) is 0 Å². The lowest BCUT2D eigenvalue weighted by molar-refractivity contribution is 0.433. The molecule has 0 aliphatic rings. The number of hydrogen-bond donors (Lipinski definition) is 0. The highest BCUT2D eigenvalue weighted by atomic mass is 32.1. The minimum Gasteiger partial charge on any atom is -0.333 e. The molecule has 0 unspecified atom stereocenters. The summed E-state index contributed by atoms with van der Waals surface area (Å²) in [5.41, 5.74) is 0.780. The Bertz CT molecular complexity index is 733. The zero-order valence-corrected chi connectivity index (χ0v) is 10.2. The third-order valence-electron chi connectivity index (χ3n) is 2.40. The summed E-state index contributed by atoms with van der Waals surface area (Å²) in [4.78, 5) is 9.69. The van der Waals surface area contributed by atoms with Crippen LogP contribution in [0.4, 0.5) is 0 Å². The molecule has 0 aliphatic heterocycles. The second kappa shape index (κ2) is 4.09. The van der Waals surface area contributed by atoms with E-state index in [1.165, 1.54) is 11.3 Å². The molecule has 0 saturated heterocycles. The molecule has 0 aliphatic carbocycles. The van der Waals surface area contributed by atoms with Crippen LogP contribution >= 0.6 is 11.3 Å². The summed E-state index contributed by atoms with van der Waals surface area (Å²) >= 11 is 1.32. The summed E-state index contributed by atoms with van der Waals surface area (Å²) in [5.74, 6) is 0.898. The van der Waals surface area contributed by atoms with Gasteiger partial charge < -0.3 is 9.09 Å². The van der Waals surface area contributed by atoms with Gasteiger partial charge in [0.2, 0.25) is 5.82 Å². The number of imidazole rings is 1. The normalized spacial score (nSPS) is 10.4. The molecule has 0 amide bonds. The Morgan fingerprint density at radius 1 is 1.44 bits per heavy atom. The van der Waals surface area contributed by atoms with Gasteiger partial charge in [-0.05, 0) is 12.1 Å². The molecule has 0 fully saturated rings. The Hall–Kier alpha value is -2.46. The van der Waals surface area contributed by atoms with E-state index in [0.29, 0.717) is 16.6 Å². The Morgan fingerprint density at radius 3 is 3.00 bits per heavy atom. The second-order valence-corrected chi connectivity index (χ2v) is 4.67. The van der Waals surface area contributed by atoms with Gasteiger partial charge in [0.05, 0.1) is 17.4 Å². The molecule has 3 aromatic heterocycles. The summed E-state index contributed by atoms with van der Waals surface area (Å²) in [5, 5.41) is 12.7. The van der Waals surface area contributed by atoms with Crippen molar-refractivity contribution >= 4 is 11.3 Å². The fourth-order valence-corrected chi connectivity index (χ4v) is 2.24. The van der Waals surface area contributed by atoms with Gasteiger partial charge in [0, 0.05) is 7.05 Å².